The van der Waals surface area contributed by atoms with Crippen molar-refractivity contribution in [3.05, 3.63) is 34.9 Å². The third-order valence-electron chi connectivity index (χ3n) is 3.63. The molecule has 1 aliphatic heterocycles. The lowest BCUT2D eigenvalue weighted by atomic mass is 9.73. The van der Waals surface area contributed by atoms with Crippen molar-refractivity contribution >= 4 is 23.5 Å². The summed E-state index contributed by atoms with van der Waals surface area (Å²) in [4.78, 5) is 23.9. The van der Waals surface area contributed by atoms with E-state index in [1.165, 1.54) is 0 Å². The number of amides is 1. The highest BCUT2D eigenvalue weighted by Crippen LogP contribution is 2.41. The van der Waals surface area contributed by atoms with Crippen molar-refractivity contribution in [1.29, 1.82) is 0 Å². The second-order valence-electron chi connectivity index (χ2n) is 4.70. The van der Waals surface area contributed by atoms with Crippen molar-refractivity contribution in [2.24, 2.45) is 0 Å². The Hall–Kier alpha value is -1.55. The summed E-state index contributed by atoms with van der Waals surface area (Å²) in [6.07, 6.45) is 0.711. The number of carbonyl (C=O) groups is 2. The Morgan fingerprint density at radius 1 is 1.33 bits per heavy atom. The molecule has 5 heteroatoms. The maximum absolute atomic E-state index is 12.3. The first-order chi connectivity index (χ1) is 8.62. The van der Waals surface area contributed by atoms with Crippen molar-refractivity contribution in [3.63, 3.8) is 0 Å². The van der Waals surface area contributed by atoms with Crippen LogP contribution in [-0.2, 0) is 15.1 Å². The Labute approximate surface area is 109 Å². The number of hydrogen-bond donors (Lipinski definition) is 1. The highest BCUT2D eigenvalue weighted by molar-refractivity contribution is 6.31. The summed E-state index contributed by atoms with van der Waals surface area (Å²) < 4.78 is 5.15. The molecule has 1 N–H and O–H groups in total. The highest BCUT2D eigenvalue weighted by atomic mass is 35.5. The number of alkyl carbamates (subject to hydrolysis) is 1. The molecule has 1 saturated heterocycles. The van der Waals surface area contributed by atoms with E-state index in [0.29, 0.717) is 29.8 Å². The number of Topliss-reactive ketones (excluding diaryl/α,β-unsaturated/α-hetero) is 1. The summed E-state index contributed by atoms with van der Waals surface area (Å²) in [5.41, 5.74) is -0.339. The van der Waals surface area contributed by atoms with Crippen molar-refractivity contribution in [1.82, 2.24) is 5.32 Å². The van der Waals surface area contributed by atoms with Gasteiger partial charge in [-0.05, 0) is 12.5 Å². The molecular formula is C13H12ClNO3. The summed E-state index contributed by atoms with van der Waals surface area (Å²) in [5, 5.41) is 3.17. The lowest BCUT2D eigenvalue weighted by Crippen LogP contribution is -2.61. The van der Waals surface area contributed by atoms with Crippen molar-refractivity contribution in [2.75, 3.05) is 0 Å². The van der Waals surface area contributed by atoms with Gasteiger partial charge in [0.1, 0.15) is 11.6 Å². The van der Waals surface area contributed by atoms with Crippen molar-refractivity contribution in [2.45, 2.75) is 30.9 Å². The van der Waals surface area contributed by atoms with E-state index in [4.69, 9.17) is 16.3 Å². The van der Waals surface area contributed by atoms with E-state index in [1.807, 2.05) is 6.07 Å². The number of halogens is 1. The van der Waals surface area contributed by atoms with Gasteiger partial charge in [0.05, 0.1) is 0 Å². The molecule has 1 aromatic carbocycles. The van der Waals surface area contributed by atoms with Gasteiger partial charge >= 0.3 is 6.09 Å². The third kappa shape index (κ3) is 1.60. The van der Waals surface area contributed by atoms with Gasteiger partial charge in [-0.1, -0.05) is 29.8 Å². The SMILES string of the molecule is O=C1N[C@@]2(c3ccccc3Cl)C[C@H](CCC2=O)O1. The van der Waals surface area contributed by atoms with E-state index in [2.05, 4.69) is 5.32 Å². The summed E-state index contributed by atoms with van der Waals surface area (Å²) in [7, 11) is 0. The molecule has 0 unspecified atom stereocenters. The van der Waals surface area contributed by atoms with Crippen LogP contribution in [0.3, 0.4) is 0 Å². The summed E-state index contributed by atoms with van der Waals surface area (Å²) in [5.74, 6) is 0.00324. The number of ketones is 1. The van der Waals surface area contributed by atoms with Gasteiger partial charge in [0, 0.05) is 23.4 Å². The van der Waals surface area contributed by atoms with E-state index >= 15 is 0 Å². The van der Waals surface area contributed by atoms with Crippen LogP contribution in [0, 0.1) is 0 Å². The number of nitrogens with one attached hydrogen (secondary N) is 1. The second-order valence-corrected chi connectivity index (χ2v) is 5.11. The number of ether oxygens (including phenoxy) is 1. The minimum atomic E-state index is -1.00. The summed E-state index contributed by atoms with van der Waals surface area (Å²) in [6.45, 7) is 0. The van der Waals surface area contributed by atoms with E-state index in [0.717, 1.165) is 0 Å². The zero-order valence-corrected chi connectivity index (χ0v) is 10.4. The fourth-order valence-electron chi connectivity index (χ4n) is 2.77. The van der Waals surface area contributed by atoms with Gasteiger partial charge in [0.25, 0.3) is 0 Å². The zero-order valence-electron chi connectivity index (χ0n) is 9.61. The van der Waals surface area contributed by atoms with Gasteiger partial charge in [0.2, 0.25) is 0 Å². The molecule has 1 saturated carbocycles. The molecule has 0 radical (unpaired) electrons. The van der Waals surface area contributed by atoms with Crippen LogP contribution in [0.2, 0.25) is 5.02 Å². The van der Waals surface area contributed by atoms with Crippen LogP contribution in [0.1, 0.15) is 24.8 Å². The zero-order chi connectivity index (χ0) is 12.8. The second kappa shape index (κ2) is 3.99. The molecule has 94 valence electrons. The Morgan fingerprint density at radius 2 is 2.11 bits per heavy atom. The molecule has 1 amide bonds. The lowest BCUT2D eigenvalue weighted by Gasteiger charge is -2.44. The van der Waals surface area contributed by atoms with Gasteiger partial charge < -0.3 is 10.1 Å². The maximum atomic E-state index is 12.3. The molecule has 2 aliphatic rings. The molecule has 1 aromatic rings. The van der Waals surface area contributed by atoms with E-state index in [9.17, 15) is 9.59 Å². The molecule has 1 aliphatic carbocycles. The molecule has 2 bridgehead atoms. The molecule has 0 spiro atoms. The predicted octanol–water partition coefficient (Wildman–Crippen LogP) is 2.40. The van der Waals surface area contributed by atoms with Crippen LogP contribution in [0.5, 0.6) is 0 Å². The van der Waals surface area contributed by atoms with Gasteiger partial charge in [-0.3, -0.25) is 4.79 Å². The fraction of sp³-hybridized carbons (Fsp3) is 0.385. The first-order valence-corrected chi connectivity index (χ1v) is 6.27. The van der Waals surface area contributed by atoms with Gasteiger partial charge in [-0.25, -0.2) is 4.79 Å². The molecule has 4 nitrogen and oxygen atoms in total. The molecule has 1 heterocycles. The average molecular weight is 266 g/mol. The number of hydrogen-bond acceptors (Lipinski definition) is 3. The largest absolute Gasteiger partial charge is 0.446 e. The van der Waals surface area contributed by atoms with Crippen LogP contribution >= 0.6 is 11.6 Å². The minimum Gasteiger partial charge on any atom is -0.446 e. The fourth-order valence-corrected chi connectivity index (χ4v) is 3.07. The topological polar surface area (TPSA) is 55.4 Å². The third-order valence-corrected chi connectivity index (χ3v) is 3.96. The van der Waals surface area contributed by atoms with Crippen LogP contribution in [0.4, 0.5) is 4.79 Å². The van der Waals surface area contributed by atoms with Gasteiger partial charge in [-0.15, -0.1) is 0 Å². The molecule has 2 atom stereocenters. The molecule has 3 rings (SSSR count). The Balaban J connectivity index is 2.13. The quantitative estimate of drug-likeness (QED) is 0.848. The minimum absolute atomic E-state index is 0.00324. The summed E-state index contributed by atoms with van der Waals surface area (Å²) >= 11 is 6.17. The molecule has 2 fully saturated rings. The standard InChI is InChI=1S/C13H12ClNO3/c14-10-4-2-1-3-9(10)13-7-8(5-6-11(13)16)18-12(17)15-13/h1-4,8H,5-7H2,(H,15,17)/t8-,13+/m0/s1. The van der Waals surface area contributed by atoms with E-state index in [1.54, 1.807) is 18.2 Å². The first-order valence-electron chi connectivity index (χ1n) is 5.89. The number of fused-ring (bicyclic) bond motifs is 2. The van der Waals surface area contributed by atoms with Gasteiger partial charge in [0.15, 0.2) is 5.78 Å². The Kier molecular flexibility index (Phi) is 2.55. The monoisotopic (exact) mass is 265 g/mol. The van der Waals surface area contributed by atoms with Crippen molar-refractivity contribution < 1.29 is 14.3 Å². The number of rotatable bonds is 1. The molecular weight excluding hydrogens is 254 g/mol. The Bertz CT molecular complexity index is 531. The number of benzene rings is 1. The first kappa shape index (κ1) is 11.5. The van der Waals surface area contributed by atoms with Crippen molar-refractivity contribution in [3.8, 4) is 0 Å². The number of carbonyl (C=O) groups excluding carboxylic acids is 2. The van der Waals surface area contributed by atoms with Gasteiger partial charge in [-0.2, -0.15) is 0 Å². The van der Waals surface area contributed by atoms with Crippen LogP contribution < -0.4 is 5.32 Å². The van der Waals surface area contributed by atoms with Crippen LogP contribution in [0.25, 0.3) is 0 Å². The summed E-state index contributed by atoms with van der Waals surface area (Å²) in [6, 6.07) is 7.13. The van der Waals surface area contributed by atoms with E-state index < -0.39 is 11.6 Å². The molecule has 0 aromatic heterocycles. The maximum Gasteiger partial charge on any atom is 0.408 e. The normalized spacial score (nSPS) is 30.6. The smallest absolute Gasteiger partial charge is 0.408 e. The predicted molar refractivity (Wildman–Crippen MR) is 65.4 cm³/mol. The van der Waals surface area contributed by atoms with Crippen LogP contribution in [-0.4, -0.2) is 18.0 Å². The lowest BCUT2D eigenvalue weighted by molar-refractivity contribution is -0.134. The average Bonchev–Trinajstić information content (AvgIpc) is 2.34. The molecule has 18 heavy (non-hydrogen) atoms. The highest BCUT2D eigenvalue weighted by Gasteiger charge is 2.51. The van der Waals surface area contributed by atoms with E-state index in [-0.39, 0.29) is 11.9 Å². The van der Waals surface area contributed by atoms with Crippen LogP contribution in [0.15, 0.2) is 24.3 Å². The Morgan fingerprint density at radius 3 is 2.89 bits per heavy atom.